The molecule has 10 heteroatoms. The first-order valence-electron chi connectivity index (χ1n) is 7.51. The van der Waals surface area contributed by atoms with Crippen molar-refractivity contribution in [3.05, 3.63) is 42.5 Å². The lowest BCUT2D eigenvalue weighted by Crippen LogP contribution is -2.46. The number of nitrogens with zero attached hydrogens (tertiary/aromatic N) is 2. The number of aromatic nitrogens is 2. The van der Waals surface area contributed by atoms with E-state index in [1.54, 1.807) is 24.5 Å². The summed E-state index contributed by atoms with van der Waals surface area (Å²) in [5.41, 5.74) is 6.24. The lowest BCUT2D eigenvalue weighted by atomic mass is 10.1. The maximum atomic E-state index is 14.1. The lowest BCUT2D eigenvalue weighted by molar-refractivity contribution is -0.125. The molecule has 0 spiro atoms. The highest BCUT2D eigenvalue weighted by atomic mass is 35.5. The molecule has 0 fully saturated rings. The van der Waals surface area contributed by atoms with Crippen LogP contribution in [0.1, 0.15) is 13.8 Å². The van der Waals surface area contributed by atoms with E-state index in [0.717, 1.165) is 0 Å². The Labute approximate surface area is 163 Å². The van der Waals surface area contributed by atoms with E-state index in [-0.39, 0.29) is 48.7 Å². The molecule has 0 aliphatic rings. The third-order valence-corrected chi connectivity index (χ3v) is 3.43. The molecule has 7 nitrogen and oxygen atoms in total. The largest absolute Gasteiger partial charge is 0.346 e. The van der Waals surface area contributed by atoms with Gasteiger partial charge in [0.1, 0.15) is 5.69 Å². The number of hydrogen-bond donors (Lipinski definition) is 3. The summed E-state index contributed by atoms with van der Waals surface area (Å²) in [4.78, 5) is 23.5. The molecule has 144 valence electrons. The van der Waals surface area contributed by atoms with Crippen LogP contribution in [0.15, 0.2) is 36.7 Å². The highest BCUT2D eigenvalue weighted by molar-refractivity contribution is 5.95. The molecule has 0 bridgehead atoms. The Kier molecular flexibility index (Phi) is 9.85. The highest BCUT2D eigenvalue weighted by Gasteiger charge is 2.17. The lowest BCUT2D eigenvalue weighted by Gasteiger charge is -2.15. The van der Waals surface area contributed by atoms with Gasteiger partial charge in [-0.25, -0.2) is 9.07 Å². The quantitative estimate of drug-likeness (QED) is 0.682. The molecule has 26 heavy (non-hydrogen) atoms. The maximum Gasteiger partial charge on any atom is 0.243 e. The summed E-state index contributed by atoms with van der Waals surface area (Å²) in [6.45, 7) is 3.39. The Morgan fingerprint density at radius 1 is 1.31 bits per heavy atom. The highest BCUT2D eigenvalue weighted by Crippen LogP contribution is 2.17. The number of nitrogens with two attached hydrogens (primary N) is 1. The van der Waals surface area contributed by atoms with Crippen molar-refractivity contribution in [1.29, 1.82) is 0 Å². The zero-order valence-corrected chi connectivity index (χ0v) is 15.9. The minimum atomic E-state index is -0.677. The smallest absolute Gasteiger partial charge is 0.243 e. The van der Waals surface area contributed by atoms with Gasteiger partial charge in [0, 0.05) is 18.1 Å². The summed E-state index contributed by atoms with van der Waals surface area (Å²) in [6, 6.07) is 5.25. The van der Waals surface area contributed by atoms with Gasteiger partial charge in [0.2, 0.25) is 11.8 Å². The number of anilines is 1. The zero-order valence-electron chi connectivity index (χ0n) is 14.3. The van der Waals surface area contributed by atoms with Gasteiger partial charge in [-0.2, -0.15) is 5.10 Å². The second-order valence-corrected chi connectivity index (χ2v) is 5.65. The number of amides is 2. The average Bonchev–Trinajstić information content (AvgIpc) is 3.06. The molecule has 1 heterocycles. The number of rotatable bonds is 6. The van der Waals surface area contributed by atoms with Gasteiger partial charge in [-0.3, -0.25) is 9.59 Å². The summed E-state index contributed by atoms with van der Waals surface area (Å²) in [7, 11) is 0. The number of hydrogen-bond acceptors (Lipinski definition) is 4. The first-order valence-corrected chi connectivity index (χ1v) is 7.51. The molecule has 2 rings (SSSR count). The van der Waals surface area contributed by atoms with Gasteiger partial charge in [0.05, 0.1) is 12.6 Å². The van der Waals surface area contributed by atoms with Gasteiger partial charge < -0.3 is 16.4 Å². The first kappa shape index (κ1) is 23.8. The predicted octanol–water partition coefficient (Wildman–Crippen LogP) is 1.89. The van der Waals surface area contributed by atoms with Crippen molar-refractivity contribution in [3.8, 4) is 5.69 Å². The number of carbonyl (C=O) groups excluding carboxylic acids is 2. The Morgan fingerprint density at radius 2 is 2.00 bits per heavy atom. The Bertz CT molecular complexity index is 725. The number of nitrogens with one attached hydrogen (secondary N) is 2. The van der Waals surface area contributed by atoms with Crippen molar-refractivity contribution in [2.45, 2.75) is 19.9 Å². The molecule has 2 aromatic rings. The molecule has 0 aliphatic carbocycles. The number of carbonyl (C=O) groups is 2. The Balaban J connectivity index is 0.00000312. The third-order valence-electron chi connectivity index (χ3n) is 3.43. The number of halogens is 3. The van der Waals surface area contributed by atoms with Gasteiger partial charge in [-0.1, -0.05) is 13.8 Å². The Morgan fingerprint density at radius 3 is 2.54 bits per heavy atom. The van der Waals surface area contributed by atoms with Crippen molar-refractivity contribution in [2.24, 2.45) is 11.7 Å². The van der Waals surface area contributed by atoms with Crippen LogP contribution < -0.4 is 16.4 Å². The molecular formula is C16H22Cl2FN5O2. The second kappa shape index (κ2) is 10.7. The molecule has 2 amide bonds. The van der Waals surface area contributed by atoms with Crippen molar-refractivity contribution in [3.63, 3.8) is 0 Å². The van der Waals surface area contributed by atoms with E-state index in [1.807, 2.05) is 13.8 Å². The van der Waals surface area contributed by atoms with Crippen LogP contribution in [0, 0.1) is 11.7 Å². The van der Waals surface area contributed by atoms with Gasteiger partial charge in [0.15, 0.2) is 5.82 Å². The van der Waals surface area contributed by atoms with Crippen LogP contribution in [0.3, 0.4) is 0 Å². The minimum Gasteiger partial charge on any atom is -0.346 e. The van der Waals surface area contributed by atoms with Crippen LogP contribution in [0.5, 0.6) is 0 Å². The van der Waals surface area contributed by atoms with Gasteiger partial charge in [-0.15, -0.1) is 24.8 Å². The topological polar surface area (TPSA) is 102 Å². The fraction of sp³-hybridized carbons (Fsp3) is 0.312. The van der Waals surface area contributed by atoms with Crippen LogP contribution in [-0.4, -0.2) is 34.2 Å². The van der Waals surface area contributed by atoms with Crippen molar-refractivity contribution in [1.82, 2.24) is 15.1 Å². The van der Waals surface area contributed by atoms with Crippen molar-refractivity contribution < 1.29 is 14.0 Å². The van der Waals surface area contributed by atoms with Crippen molar-refractivity contribution >= 4 is 42.3 Å². The molecule has 0 aliphatic heterocycles. The molecular weight excluding hydrogens is 384 g/mol. The van der Waals surface area contributed by atoms with Crippen LogP contribution in [0.4, 0.5) is 10.1 Å². The van der Waals surface area contributed by atoms with Crippen LogP contribution in [-0.2, 0) is 9.59 Å². The minimum absolute atomic E-state index is 0. The zero-order chi connectivity index (χ0) is 17.7. The summed E-state index contributed by atoms with van der Waals surface area (Å²) < 4.78 is 15.5. The van der Waals surface area contributed by atoms with E-state index >= 15 is 0 Å². The Hall–Kier alpha value is -2.16. The SMILES string of the molecule is CC(C)[C@H](N)C(=O)NCC(=O)Nc1ccc(-n2cccn2)c(F)c1.Cl.Cl. The van der Waals surface area contributed by atoms with Crippen LogP contribution >= 0.6 is 24.8 Å². The van der Waals surface area contributed by atoms with E-state index < -0.39 is 23.7 Å². The molecule has 1 aromatic heterocycles. The molecule has 0 radical (unpaired) electrons. The van der Waals surface area contributed by atoms with Crippen LogP contribution in [0.2, 0.25) is 0 Å². The molecule has 0 saturated carbocycles. The maximum absolute atomic E-state index is 14.1. The first-order chi connectivity index (χ1) is 11.4. The van der Waals surface area contributed by atoms with Gasteiger partial charge >= 0.3 is 0 Å². The third kappa shape index (κ3) is 6.29. The predicted molar refractivity (Wildman–Crippen MR) is 102 cm³/mol. The van der Waals surface area contributed by atoms with Crippen molar-refractivity contribution in [2.75, 3.05) is 11.9 Å². The molecule has 0 saturated heterocycles. The van der Waals surface area contributed by atoms with E-state index in [9.17, 15) is 14.0 Å². The van der Waals surface area contributed by atoms with E-state index in [1.165, 1.54) is 16.8 Å². The summed E-state index contributed by atoms with van der Waals surface area (Å²) >= 11 is 0. The second-order valence-electron chi connectivity index (χ2n) is 5.65. The van der Waals surface area contributed by atoms with E-state index in [0.29, 0.717) is 0 Å². The van der Waals surface area contributed by atoms with Gasteiger partial charge in [0.25, 0.3) is 0 Å². The average molecular weight is 406 g/mol. The van der Waals surface area contributed by atoms with E-state index in [2.05, 4.69) is 15.7 Å². The molecule has 0 unspecified atom stereocenters. The fourth-order valence-corrected chi connectivity index (χ4v) is 1.97. The normalized spacial score (nSPS) is 11.1. The van der Waals surface area contributed by atoms with Gasteiger partial charge in [-0.05, 0) is 30.2 Å². The molecule has 1 aromatic carbocycles. The molecule has 1 atom stereocenters. The van der Waals surface area contributed by atoms with Crippen LogP contribution in [0.25, 0.3) is 5.69 Å². The number of benzene rings is 1. The molecule has 4 N–H and O–H groups in total. The standard InChI is InChI=1S/C16H20FN5O2.2ClH/c1-10(2)15(18)16(24)19-9-14(23)21-11-4-5-13(12(17)8-11)22-7-3-6-20-22;;/h3-8,10,15H,9,18H2,1-2H3,(H,19,24)(H,21,23);2*1H/t15-;;/m0../s1. The fourth-order valence-electron chi connectivity index (χ4n) is 1.97. The summed E-state index contributed by atoms with van der Waals surface area (Å²) in [5.74, 6) is -1.43. The summed E-state index contributed by atoms with van der Waals surface area (Å²) in [6.07, 6.45) is 3.16. The van der Waals surface area contributed by atoms with E-state index in [4.69, 9.17) is 5.73 Å². The summed E-state index contributed by atoms with van der Waals surface area (Å²) in [5, 5.41) is 8.91. The monoisotopic (exact) mass is 405 g/mol.